The maximum atomic E-state index is 13.1. The van der Waals surface area contributed by atoms with Gasteiger partial charge in [-0.25, -0.2) is 0 Å². The smallest absolute Gasteiger partial charge is 0.199 e. The van der Waals surface area contributed by atoms with Gasteiger partial charge in [0, 0.05) is 6.42 Å². The van der Waals surface area contributed by atoms with Crippen LogP contribution in [0.3, 0.4) is 0 Å². The average molecular weight is 384 g/mol. The monoisotopic (exact) mass is 384 g/mol. The molecule has 2 atom stereocenters. The molecule has 1 aliphatic carbocycles. The third-order valence-corrected chi connectivity index (χ3v) is 5.52. The lowest BCUT2D eigenvalue weighted by atomic mass is 9.73. The van der Waals surface area contributed by atoms with Crippen molar-refractivity contribution in [3.63, 3.8) is 0 Å². The molecule has 3 aromatic carbocycles. The first-order chi connectivity index (χ1) is 14.1. The Morgan fingerprint density at radius 3 is 2.55 bits per heavy atom. The van der Waals surface area contributed by atoms with Crippen molar-refractivity contribution in [2.45, 2.75) is 24.9 Å². The van der Waals surface area contributed by atoms with Crippen LogP contribution in [0.4, 0.5) is 0 Å². The van der Waals surface area contributed by atoms with Crippen LogP contribution >= 0.6 is 0 Å². The fraction of sp³-hybridized carbons (Fsp3) is 0.160. The molecule has 3 aromatic rings. The summed E-state index contributed by atoms with van der Waals surface area (Å²) in [5, 5.41) is 1.64. The molecule has 0 N–H and O–H groups in total. The summed E-state index contributed by atoms with van der Waals surface area (Å²) in [5.41, 5.74) is 0.482. The van der Waals surface area contributed by atoms with Gasteiger partial charge in [0.1, 0.15) is 12.0 Å². The maximum absolute atomic E-state index is 13.1. The minimum absolute atomic E-state index is 0.195. The van der Waals surface area contributed by atoms with E-state index < -0.39 is 11.5 Å². The highest BCUT2D eigenvalue weighted by molar-refractivity contribution is 6.02. The number of carbonyl (C=O) groups excluding carboxylic acids is 3. The van der Waals surface area contributed by atoms with Crippen LogP contribution in [0, 0.1) is 0 Å². The number of carbonyl (C=O) groups is 3. The highest BCUT2D eigenvalue weighted by Crippen LogP contribution is 2.41. The second-order valence-electron chi connectivity index (χ2n) is 7.06. The quantitative estimate of drug-likeness (QED) is 0.575. The van der Waals surface area contributed by atoms with Crippen LogP contribution in [0.25, 0.3) is 16.8 Å². The van der Waals surface area contributed by atoms with E-state index in [9.17, 15) is 14.4 Å². The zero-order valence-corrected chi connectivity index (χ0v) is 16.0. The lowest BCUT2D eigenvalue weighted by Crippen LogP contribution is -2.50. The summed E-state index contributed by atoms with van der Waals surface area (Å²) in [6, 6.07) is 18.5. The summed E-state index contributed by atoms with van der Waals surface area (Å²) in [7, 11) is 0. The number of ketones is 1. The summed E-state index contributed by atoms with van der Waals surface area (Å²) in [5.74, 6) is -0.733. The van der Waals surface area contributed by atoms with Gasteiger partial charge in [-0.15, -0.1) is 0 Å². The Labute approximate surface area is 168 Å². The van der Waals surface area contributed by atoms with Gasteiger partial charge in [-0.3, -0.25) is 9.59 Å². The fourth-order valence-electron chi connectivity index (χ4n) is 4.03. The average Bonchev–Trinajstić information content (AvgIpc) is 2.78. The van der Waals surface area contributed by atoms with Gasteiger partial charge in [0.25, 0.3) is 0 Å². The molecule has 29 heavy (non-hydrogen) atoms. The van der Waals surface area contributed by atoms with Crippen molar-refractivity contribution in [2.24, 2.45) is 0 Å². The Balaban J connectivity index is 1.90. The van der Waals surface area contributed by atoms with Crippen LogP contribution in [0.2, 0.25) is 0 Å². The van der Waals surface area contributed by atoms with Crippen LogP contribution in [0.1, 0.15) is 40.7 Å². The molecule has 0 aliphatic heterocycles. The number of ether oxygens (including phenoxy) is 1. The van der Waals surface area contributed by atoms with Gasteiger partial charge < -0.3 is 9.53 Å². The SMILES string of the molecule is CCC(=O)C1(Oc2ccc3ccccc3c2C=O)C=Cc2ccccc2C1C=O. The number of fused-ring (bicyclic) bond motifs is 2. The van der Waals surface area contributed by atoms with Crippen molar-refractivity contribution < 1.29 is 19.1 Å². The molecule has 0 heterocycles. The molecule has 0 aromatic heterocycles. The van der Waals surface area contributed by atoms with Crippen LogP contribution in [-0.4, -0.2) is 24.0 Å². The van der Waals surface area contributed by atoms with E-state index in [0.717, 1.165) is 34.5 Å². The lowest BCUT2D eigenvalue weighted by molar-refractivity contribution is -0.135. The third kappa shape index (κ3) is 2.97. The number of Topliss-reactive ketones (excluding diaryl/α,β-unsaturated/α-hetero) is 1. The molecular weight excluding hydrogens is 364 g/mol. The predicted octanol–water partition coefficient (Wildman–Crippen LogP) is 4.76. The largest absolute Gasteiger partial charge is 0.473 e. The van der Waals surface area contributed by atoms with Crippen molar-refractivity contribution in [3.8, 4) is 5.75 Å². The van der Waals surface area contributed by atoms with Crippen molar-refractivity contribution in [1.82, 2.24) is 0 Å². The van der Waals surface area contributed by atoms with Crippen molar-refractivity contribution in [2.75, 3.05) is 0 Å². The minimum atomic E-state index is -1.49. The first-order valence-electron chi connectivity index (χ1n) is 9.57. The molecule has 0 amide bonds. The summed E-state index contributed by atoms with van der Waals surface area (Å²) >= 11 is 0. The molecule has 0 radical (unpaired) electrons. The van der Waals surface area contributed by atoms with Gasteiger partial charge >= 0.3 is 0 Å². The number of hydrogen-bond donors (Lipinski definition) is 0. The zero-order valence-electron chi connectivity index (χ0n) is 16.0. The van der Waals surface area contributed by atoms with E-state index >= 15 is 0 Å². The molecule has 0 fully saturated rings. The molecule has 0 saturated heterocycles. The van der Waals surface area contributed by atoms with Gasteiger partial charge in [0.2, 0.25) is 0 Å². The second kappa shape index (κ2) is 7.47. The third-order valence-electron chi connectivity index (χ3n) is 5.52. The Morgan fingerprint density at radius 2 is 1.79 bits per heavy atom. The summed E-state index contributed by atoms with van der Waals surface area (Å²) in [4.78, 5) is 37.2. The van der Waals surface area contributed by atoms with Crippen molar-refractivity contribution in [1.29, 1.82) is 0 Å². The van der Waals surface area contributed by atoms with Crippen molar-refractivity contribution >= 4 is 35.2 Å². The molecule has 4 rings (SSSR count). The molecule has 0 spiro atoms. The van der Waals surface area contributed by atoms with E-state index in [1.54, 1.807) is 19.1 Å². The van der Waals surface area contributed by atoms with E-state index in [1.807, 2.05) is 60.7 Å². The zero-order chi connectivity index (χ0) is 20.4. The van der Waals surface area contributed by atoms with E-state index in [0.29, 0.717) is 5.56 Å². The van der Waals surface area contributed by atoms with Gasteiger partial charge in [-0.2, -0.15) is 0 Å². The molecule has 1 aliphatic rings. The predicted molar refractivity (Wildman–Crippen MR) is 112 cm³/mol. The normalized spacial score (nSPS) is 20.1. The lowest BCUT2D eigenvalue weighted by Gasteiger charge is -2.38. The van der Waals surface area contributed by atoms with Crippen LogP contribution < -0.4 is 4.74 Å². The van der Waals surface area contributed by atoms with E-state index in [-0.39, 0.29) is 18.0 Å². The molecule has 4 heteroatoms. The van der Waals surface area contributed by atoms with Gasteiger partial charge in [-0.1, -0.05) is 67.6 Å². The molecule has 0 bridgehead atoms. The molecular formula is C25H20O4. The molecule has 4 nitrogen and oxygen atoms in total. The van der Waals surface area contributed by atoms with Crippen LogP contribution in [0.5, 0.6) is 5.75 Å². The van der Waals surface area contributed by atoms with Crippen LogP contribution in [-0.2, 0) is 9.59 Å². The Kier molecular flexibility index (Phi) is 4.85. The minimum Gasteiger partial charge on any atom is -0.473 e. The Hall–Kier alpha value is -3.53. The number of rotatable bonds is 6. The fourth-order valence-corrected chi connectivity index (χ4v) is 4.03. The summed E-state index contributed by atoms with van der Waals surface area (Å²) in [6.45, 7) is 1.74. The first-order valence-corrected chi connectivity index (χ1v) is 9.57. The Bertz CT molecular complexity index is 1140. The summed E-state index contributed by atoms with van der Waals surface area (Å²) < 4.78 is 6.29. The second-order valence-corrected chi connectivity index (χ2v) is 7.06. The first kappa shape index (κ1) is 18.8. The van der Waals surface area contributed by atoms with E-state index in [1.165, 1.54) is 0 Å². The van der Waals surface area contributed by atoms with Gasteiger partial charge in [0.15, 0.2) is 17.7 Å². The van der Waals surface area contributed by atoms with E-state index in [2.05, 4.69) is 0 Å². The molecule has 2 unspecified atom stereocenters. The van der Waals surface area contributed by atoms with Gasteiger partial charge in [0.05, 0.1) is 11.5 Å². The highest BCUT2D eigenvalue weighted by atomic mass is 16.5. The molecule has 144 valence electrons. The van der Waals surface area contributed by atoms with Gasteiger partial charge in [-0.05, 0) is 34.0 Å². The number of aldehydes is 2. The standard InChI is InChI=1S/C25H20O4/c1-2-24(28)25(14-13-18-8-4-6-10-20(18)22(25)16-27)29-23-12-11-17-7-3-5-9-19(17)21(23)15-26/h3-16,22H,2H2,1H3. The molecule has 0 saturated carbocycles. The summed E-state index contributed by atoms with van der Waals surface area (Å²) in [6.07, 6.45) is 5.16. The van der Waals surface area contributed by atoms with E-state index in [4.69, 9.17) is 4.74 Å². The van der Waals surface area contributed by atoms with Crippen molar-refractivity contribution in [3.05, 3.63) is 83.4 Å². The maximum Gasteiger partial charge on any atom is 0.199 e. The Morgan fingerprint density at radius 1 is 1.03 bits per heavy atom. The number of hydrogen-bond acceptors (Lipinski definition) is 4. The topological polar surface area (TPSA) is 60.4 Å². The number of benzene rings is 3. The highest BCUT2D eigenvalue weighted by Gasteiger charge is 2.48. The van der Waals surface area contributed by atoms with Crippen LogP contribution in [0.15, 0.2) is 66.7 Å².